The zero-order chi connectivity index (χ0) is 33.8. The lowest BCUT2D eigenvalue weighted by Crippen LogP contribution is -2.61. The number of hydrogen-bond acceptors (Lipinski definition) is 6. The van der Waals surface area contributed by atoms with E-state index in [1.165, 1.54) is 29.2 Å². The standard InChI is InChI=1S/C33H48FN5O6/c1-17(2)21-15-24(30(43)36-23(14-19-8-9-19)27(41)29(35)42)39(16-21)31(44)28(33(5,6)7)38-32(45)37-25(18(3)4)26(40)20-10-12-22(34)13-11-20/h10-13,17-19,21,23-25,28H,8-9,14-16H2,1-7H3,(H2,35,42)(H,36,43)(H2,37,38,45)/t21-,23?,24+,25+,28-/m1/s1. The lowest BCUT2D eigenvalue weighted by atomic mass is 9.85. The van der Waals surface area contributed by atoms with E-state index in [4.69, 9.17) is 5.73 Å². The van der Waals surface area contributed by atoms with Crippen molar-refractivity contribution in [3.05, 3.63) is 35.6 Å². The minimum absolute atomic E-state index is 0.0217. The second-order valence-corrected chi connectivity index (χ2v) is 14.2. The molecule has 45 heavy (non-hydrogen) atoms. The smallest absolute Gasteiger partial charge is 0.316 e. The maximum Gasteiger partial charge on any atom is 0.316 e. The first-order chi connectivity index (χ1) is 20.9. The first-order valence-corrected chi connectivity index (χ1v) is 15.7. The van der Waals surface area contributed by atoms with E-state index < -0.39 is 70.7 Å². The highest BCUT2D eigenvalue weighted by Gasteiger charge is 2.46. The average molecular weight is 630 g/mol. The molecule has 1 aliphatic carbocycles. The summed E-state index contributed by atoms with van der Waals surface area (Å²) in [6.07, 6.45) is 2.45. The van der Waals surface area contributed by atoms with E-state index in [1.807, 2.05) is 13.8 Å². The number of carbonyl (C=O) groups is 6. The van der Waals surface area contributed by atoms with Crippen molar-refractivity contribution >= 4 is 35.3 Å². The highest BCUT2D eigenvalue weighted by Crippen LogP contribution is 2.35. The van der Waals surface area contributed by atoms with Crippen molar-refractivity contribution < 1.29 is 33.2 Å². The molecule has 0 radical (unpaired) electrons. The zero-order valence-corrected chi connectivity index (χ0v) is 27.3. The molecule has 1 unspecified atom stereocenters. The number of benzene rings is 1. The SMILES string of the molecule is CC(C)[C@@H]1C[C@@H](C(=O)NC(CC2CC2)C(=O)C(N)=O)N(C(=O)[C@@H](NC(=O)N[C@H](C(=O)c2ccc(F)cc2)C(C)C)C(C)(C)C)C1. The molecule has 2 fully saturated rings. The number of nitrogens with two attached hydrogens (primary N) is 1. The molecule has 5 amide bonds. The fourth-order valence-electron chi connectivity index (χ4n) is 5.66. The van der Waals surface area contributed by atoms with Crippen LogP contribution in [0.3, 0.4) is 0 Å². The van der Waals surface area contributed by atoms with Gasteiger partial charge in [0.05, 0.1) is 12.1 Å². The summed E-state index contributed by atoms with van der Waals surface area (Å²) in [4.78, 5) is 80.0. The number of carbonyl (C=O) groups excluding carboxylic acids is 6. The number of likely N-dealkylation sites (tertiary alicyclic amines) is 1. The van der Waals surface area contributed by atoms with Crippen LogP contribution < -0.4 is 21.7 Å². The van der Waals surface area contributed by atoms with Crippen LogP contribution in [0.5, 0.6) is 0 Å². The Balaban J connectivity index is 1.82. The second kappa shape index (κ2) is 14.5. The Morgan fingerprint density at radius 2 is 1.56 bits per heavy atom. The number of halogens is 1. The van der Waals surface area contributed by atoms with E-state index in [2.05, 4.69) is 16.0 Å². The highest BCUT2D eigenvalue weighted by atomic mass is 19.1. The van der Waals surface area contributed by atoms with Crippen LogP contribution >= 0.6 is 0 Å². The molecular weight excluding hydrogens is 581 g/mol. The molecule has 11 nitrogen and oxygen atoms in total. The number of Topliss-reactive ketones (excluding diaryl/α,β-unsaturated/α-hetero) is 2. The van der Waals surface area contributed by atoms with E-state index in [-0.39, 0.29) is 35.8 Å². The topological polar surface area (TPSA) is 168 Å². The van der Waals surface area contributed by atoms with Gasteiger partial charge in [-0.1, -0.05) is 61.3 Å². The molecule has 0 bridgehead atoms. The Morgan fingerprint density at radius 1 is 0.956 bits per heavy atom. The lowest BCUT2D eigenvalue weighted by Gasteiger charge is -2.36. The molecule has 1 aliphatic heterocycles. The van der Waals surface area contributed by atoms with Gasteiger partial charge >= 0.3 is 6.03 Å². The quantitative estimate of drug-likeness (QED) is 0.193. The summed E-state index contributed by atoms with van der Waals surface area (Å²) in [7, 11) is 0. The number of nitrogens with zero attached hydrogens (tertiary/aromatic N) is 1. The first-order valence-electron chi connectivity index (χ1n) is 15.7. The van der Waals surface area contributed by atoms with Crippen LogP contribution in [-0.4, -0.2) is 70.9 Å². The van der Waals surface area contributed by atoms with Crippen LogP contribution in [-0.2, 0) is 19.2 Å². The zero-order valence-electron chi connectivity index (χ0n) is 27.3. The predicted molar refractivity (Wildman–Crippen MR) is 166 cm³/mol. The van der Waals surface area contributed by atoms with Gasteiger partial charge in [0.25, 0.3) is 5.91 Å². The van der Waals surface area contributed by atoms with Crippen molar-refractivity contribution in [1.29, 1.82) is 0 Å². The molecule has 0 spiro atoms. The molecule has 1 saturated heterocycles. The summed E-state index contributed by atoms with van der Waals surface area (Å²) >= 11 is 0. The summed E-state index contributed by atoms with van der Waals surface area (Å²) in [6.45, 7) is 13.1. The Kier molecular flexibility index (Phi) is 11.5. The van der Waals surface area contributed by atoms with Gasteiger partial charge in [0, 0.05) is 12.1 Å². The second-order valence-electron chi connectivity index (χ2n) is 14.2. The summed E-state index contributed by atoms with van der Waals surface area (Å²) in [5.74, 6) is -3.89. The summed E-state index contributed by atoms with van der Waals surface area (Å²) in [5.41, 5.74) is 4.70. The predicted octanol–water partition coefficient (Wildman–Crippen LogP) is 2.96. The third kappa shape index (κ3) is 9.34. The van der Waals surface area contributed by atoms with Crippen LogP contribution in [0, 0.1) is 34.9 Å². The average Bonchev–Trinajstić information content (AvgIpc) is 3.65. The van der Waals surface area contributed by atoms with Crippen LogP contribution in [0.1, 0.15) is 84.5 Å². The largest absolute Gasteiger partial charge is 0.363 e. The van der Waals surface area contributed by atoms with Gasteiger partial charge < -0.3 is 26.6 Å². The third-order valence-electron chi connectivity index (χ3n) is 8.76. The van der Waals surface area contributed by atoms with Gasteiger partial charge in [-0.2, -0.15) is 0 Å². The number of hydrogen-bond donors (Lipinski definition) is 4. The Hall–Kier alpha value is -3.83. The minimum atomic E-state index is -1.12. The molecule has 2 aliphatic rings. The number of primary amides is 1. The fraction of sp³-hybridized carbons (Fsp3) is 0.636. The number of amides is 5. The van der Waals surface area contributed by atoms with E-state index in [1.54, 1.807) is 34.6 Å². The molecule has 1 heterocycles. The molecule has 3 rings (SSSR count). The number of nitrogens with one attached hydrogen (secondary N) is 3. The van der Waals surface area contributed by atoms with Crippen LogP contribution in [0.25, 0.3) is 0 Å². The lowest BCUT2D eigenvalue weighted by molar-refractivity contribution is -0.143. The Morgan fingerprint density at radius 3 is 2.04 bits per heavy atom. The van der Waals surface area contributed by atoms with Crippen molar-refractivity contribution in [3.63, 3.8) is 0 Å². The normalized spacial score (nSPS) is 20.4. The van der Waals surface area contributed by atoms with Crippen molar-refractivity contribution in [2.45, 2.75) is 98.3 Å². The molecule has 5 atom stereocenters. The van der Waals surface area contributed by atoms with Crippen molar-refractivity contribution in [2.75, 3.05) is 6.54 Å². The van der Waals surface area contributed by atoms with E-state index in [0.717, 1.165) is 12.8 Å². The van der Waals surface area contributed by atoms with Crippen LogP contribution in [0.4, 0.5) is 9.18 Å². The number of urea groups is 1. The number of ketones is 2. The minimum Gasteiger partial charge on any atom is -0.363 e. The summed E-state index contributed by atoms with van der Waals surface area (Å²) in [6, 6.07) is 0.281. The van der Waals surface area contributed by atoms with Crippen LogP contribution in [0.15, 0.2) is 24.3 Å². The molecule has 5 N–H and O–H groups in total. The fourth-order valence-corrected chi connectivity index (χ4v) is 5.66. The molecule has 0 aromatic heterocycles. The first kappa shape index (κ1) is 35.6. The summed E-state index contributed by atoms with van der Waals surface area (Å²) in [5, 5.41) is 8.13. The van der Waals surface area contributed by atoms with Gasteiger partial charge in [-0.05, 0) is 66.2 Å². The van der Waals surface area contributed by atoms with Crippen molar-refractivity contribution in [1.82, 2.24) is 20.9 Å². The van der Waals surface area contributed by atoms with E-state index in [9.17, 15) is 33.2 Å². The number of rotatable bonds is 13. The molecule has 1 aromatic carbocycles. The Labute approximate surface area is 264 Å². The van der Waals surface area contributed by atoms with Gasteiger partial charge in [-0.3, -0.25) is 24.0 Å². The van der Waals surface area contributed by atoms with Gasteiger partial charge in [-0.15, -0.1) is 0 Å². The van der Waals surface area contributed by atoms with Gasteiger partial charge in [-0.25, -0.2) is 9.18 Å². The molecule has 1 aromatic rings. The molecular formula is C33H48FN5O6. The van der Waals surface area contributed by atoms with Crippen molar-refractivity contribution in [3.8, 4) is 0 Å². The Bertz CT molecular complexity index is 1290. The maximum absolute atomic E-state index is 14.2. The molecule has 12 heteroatoms. The van der Waals surface area contributed by atoms with Crippen LogP contribution in [0.2, 0.25) is 0 Å². The monoisotopic (exact) mass is 629 g/mol. The molecule has 248 valence electrons. The van der Waals surface area contributed by atoms with E-state index in [0.29, 0.717) is 12.8 Å². The van der Waals surface area contributed by atoms with Crippen molar-refractivity contribution in [2.24, 2.45) is 34.8 Å². The van der Waals surface area contributed by atoms with Gasteiger partial charge in [0.1, 0.15) is 17.9 Å². The van der Waals surface area contributed by atoms with Gasteiger partial charge in [0.15, 0.2) is 5.78 Å². The van der Waals surface area contributed by atoms with Gasteiger partial charge in [0.2, 0.25) is 17.6 Å². The third-order valence-corrected chi connectivity index (χ3v) is 8.76. The maximum atomic E-state index is 14.2. The van der Waals surface area contributed by atoms with E-state index >= 15 is 0 Å². The molecule has 1 saturated carbocycles. The highest BCUT2D eigenvalue weighted by molar-refractivity contribution is 6.37. The summed E-state index contributed by atoms with van der Waals surface area (Å²) < 4.78 is 13.4.